The van der Waals surface area contributed by atoms with E-state index >= 15 is 0 Å². The highest BCUT2D eigenvalue weighted by atomic mass is 16.5. The molecule has 0 aromatic carbocycles. The maximum absolute atomic E-state index is 12.5. The molecule has 0 aromatic heterocycles. The van der Waals surface area contributed by atoms with E-state index in [0.29, 0.717) is 19.4 Å². The maximum atomic E-state index is 12.5. The van der Waals surface area contributed by atoms with Crippen LogP contribution >= 0.6 is 0 Å². The fourth-order valence-electron chi connectivity index (χ4n) is 11.3. The molecule has 0 aliphatic rings. The van der Waals surface area contributed by atoms with Crippen LogP contribution in [0, 0.1) is 0 Å². The fourth-order valence-corrected chi connectivity index (χ4v) is 11.3. The second-order valence-corrected chi connectivity index (χ2v) is 25.3. The summed E-state index contributed by atoms with van der Waals surface area (Å²) in [5.74, 6) is -0.0634. The number of unbranched alkanes of at least 4 members (excludes halogenated alkanes) is 50. The molecular formula is C77H143NO5. The van der Waals surface area contributed by atoms with Crippen molar-refractivity contribution in [1.29, 1.82) is 0 Å². The first-order valence-electron chi connectivity index (χ1n) is 37.1. The van der Waals surface area contributed by atoms with E-state index in [2.05, 4.69) is 67.8 Å². The Morgan fingerprint density at radius 1 is 0.337 bits per heavy atom. The van der Waals surface area contributed by atoms with Gasteiger partial charge in [-0.15, -0.1) is 0 Å². The van der Waals surface area contributed by atoms with Crippen LogP contribution in [0.4, 0.5) is 0 Å². The predicted molar refractivity (Wildman–Crippen MR) is 365 cm³/mol. The molecule has 0 radical (unpaired) electrons. The summed E-state index contributed by atoms with van der Waals surface area (Å²) in [5.41, 5.74) is 0. The van der Waals surface area contributed by atoms with E-state index in [1.54, 1.807) is 6.08 Å². The van der Waals surface area contributed by atoms with Gasteiger partial charge >= 0.3 is 5.97 Å². The SMILES string of the molecule is CCCCCC/C=C\C/C=C\CCCCCCCC(=O)OCCCCCCCCCCC/C=C\C/C=C\CCCCCCCCCCCCCCCCCCCC(=O)NC(CO)C(O)/C=C/CCCCCCCCCCCCCCCCC. The third-order valence-electron chi connectivity index (χ3n) is 17.0. The Hall–Kier alpha value is -2.44. The van der Waals surface area contributed by atoms with Gasteiger partial charge in [-0.05, 0) is 96.3 Å². The molecule has 0 heterocycles. The Balaban J connectivity index is 3.40. The number of carbonyl (C=O) groups excluding carboxylic acids is 2. The van der Waals surface area contributed by atoms with Gasteiger partial charge in [0.05, 0.1) is 25.4 Å². The van der Waals surface area contributed by atoms with Crippen LogP contribution in [0.25, 0.3) is 0 Å². The van der Waals surface area contributed by atoms with E-state index < -0.39 is 12.1 Å². The van der Waals surface area contributed by atoms with E-state index in [1.165, 1.54) is 308 Å². The van der Waals surface area contributed by atoms with E-state index in [4.69, 9.17) is 4.74 Å². The summed E-state index contributed by atoms with van der Waals surface area (Å²) in [5, 5.41) is 23.2. The van der Waals surface area contributed by atoms with Gasteiger partial charge in [-0.1, -0.05) is 344 Å². The lowest BCUT2D eigenvalue weighted by atomic mass is 10.0. The van der Waals surface area contributed by atoms with Crippen LogP contribution in [0.15, 0.2) is 60.8 Å². The number of allylic oxidation sites excluding steroid dienone is 9. The Labute approximate surface area is 518 Å². The van der Waals surface area contributed by atoms with Crippen LogP contribution in [0.5, 0.6) is 0 Å². The summed E-state index contributed by atoms with van der Waals surface area (Å²) in [6.07, 6.45) is 96.0. The standard InChI is InChI=1S/C77H143NO5/c1-3-5-7-9-11-13-15-17-19-38-41-45-49-53-57-61-65-69-75(80)74(73-79)78-76(81)70-66-62-58-54-50-46-42-39-36-34-32-30-28-26-24-22-21-23-25-27-29-31-33-35-37-40-44-48-52-56-60-64-68-72-83-77(82)71-67-63-59-55-51-47-43-20-18-16-14-12-10-8-6-4-2/h14,16,20,25,27,31,33,43,65,69,74-75,79-80H,3-13,15,17-19,21-24,26,28-30,32,34-42,44-64,66-68,70-73H2,1-2H3,(H,78,81)/b16-14-,27-25-,33-31-,43-20-,69-65+. The zero-order valence-electron chi connectivity index (χ0n) is 55.7. The molecule has 0 fully saturated rings. The summed E-state index contributed by atoms with van der Waals surface area (Å²) in [6, 6.07) is -0.628. The van der Waals surface area contributed by atoms with Crippen LogP contribution in [-0.2, 0) is 14.3 Å². The van der Waals surface area contributed by atoms with Crippen molar-refractivity contribution in [1.82, 2.24) is 5.32 Å². The van der Waals surface area contributed by atoms with Gasteiger partial charge in [0.2, 0.25) is 5.91 Å². The van der Waals surface area contributed by atoms with E-state index in [-0.39, 0.29) is 18.5 Å². The summed E-state index contributed by atoms with van der Waals surface area (Å²) < 4.78 is 5.49. The lowest BCUT2D eigenvalue weighted by Gasteiger charge is -2.20. The third-order valence-corrected chi connectivity index (χ3v) is 17.0. The van der Waals surface area contributed by atoms with Crippen LogP contribution < -0.4 is 5.32 Å². The minimum absolute atomic E-state index is 0.000394. The Morgan fingerprint density at radius 3 is 0.928 bits per heavy atom. The highest BCUT2D eigenvalue weighted by Gasteiger charge is 2.18. The molecule has 6 heteroatoms. The van der Waals surface area contributed by atoms with Crippen molar-refractivity contribution < 1.29 is 24.5 Å². The minimum atomic E-state index is -0.844. The molecule has 6 nitrogen and oxygen atoms in total. The van der Waals surface area contributed by atoms with Crippen LogP contribution in [-0.4, -0.2) is 47.4 Å². The van der Waals surface area contributed by atoms with Crippen molar-refractivity contribution in [3.63, 3.8) is 0 Å². The first-order chi connectivity index (χ1) is 41.0. The lowest BCUT2D eigenvalue weighted by molar-refractivity contribution is -0.143. The van der Waals surface area contributed by atoms with Gasteiger partial charge < -0.3 is 20.3 Å². The van der Waals surface area contributed by atoms with Gasteiger partial charge in [0.15, 0.2) is 0 Å². The lowest BCUT2D eigenvalue weighted by Crippen LogP contribution is -2.45. The predicted octanol–water partition coefficient (Wildman–Crippen LogP) is 24.2. The van der Waals surface area contributed by atoms with Crippen molar-refractivity contribution in [2.75, 3.05) is 13.2 Å². The number of nitrogens with one attached hydrogen (secondary N) is 1. The monoisotopic (exact) mass is 1160 g/mol. The molecule has 1 amide bonds. The molecule has 0 spiro atoms. The summed E-state index contributed by atoms with van der Waals surface area (Å²) in [7, 11) is 0. The average molecular weight is 1160 g/mol. The normalized spacial score (nSPS) is 12.9. The van der Waals surface area contributed by atoms with Gasteiger partial charge in [-0.3, -0.25) is 9.59 Å². The summed E-state index contributed by atoms with van der Waals surface area (Å²) in [6.45, 7) is 4.90. The zero-order chi connectivity index (χ0) is 59.9. The van der Waals surface area contributed by atoms with E-state index in [1.807, 2.05) is 6.08 Å². The van der Waals surface area contributed by atoms with Gasteiger partial charge in [0.1, 0.15) is 0 Å². The molecule has 3 N–H and O–H groups in total. The number of rotatable bonds is 69. The van der Waals surface area contributed by atoms with Crippen LogP contribution in [0.2, 0.25) is 0 Å². The van der Waals surface area contributed by atoms with Crippen molar-refractivity contribution >= 4 is 11.9 Å². The number of carbonyl (C=O) groups is 2. The van der Waals surface area contributed by atoms with Crippen LogP contribution in [0.1, 0.15) is 393 Å². The largest absolute Gasteiger partial charge is 0.466 e. The molecule has 2 unspecified atom stereocenters. The number of aliphatic hydroxyl groups excluding tert-OH is 2. The van der Waals surface area contributed by atoms with Gasteiger partial charge in [0.25, 0.3) is 0 Å². The van der Waals surface area contributed by atoms with E-state index in [9.17, 15) is 19.8 Å². The van der Waals surface area contributed by atoms with Gasteiger partial charge in [-0.25, -0.2) is 0 Å². The molecule has 0 aliphatic heterocycles. The molecule has 0 saturated heterocycles. The molecule has 0 aliphatic carbocycles. The average Bonchev–Trinajstić information content (AvgIpc) is 3.49. The second-order valence-electron chi connectivity index (χ2n) is 25.3. The van der Waals surface area contributed by atoms with E-state index in [0.717, 1.165) is 57.8 Å². The molecule has 0 bridgehead atoms. The molecule has 83 heavy (non-hydrogen) atoms. The first kappa shape index (κ1) is 80.6. The Morgan fingerprint density at radius 2 is 0.602 bits per heavy atom. The number of aliphatic hydroxyl groups is 2. The number of amides is 1. The molecular weight excluding hydrogens is 1020 g/mol. The first-order valence-corrected chi connectivity index (χ1v) is 37.1. The number of esters is 1. The molecule has 486 valence electrons. The topological polar surface area (TPSA) is 95.9 Å². The number of hydrogen-bond donors (Lipinski definition) is 3. The molecule has 2 atom stereocenters. The number of ether oxygens (including phenoxy) is 1. The smallest absolute Gasteiger partial charge is 0.305 e. The summed E-state index contributed by atoms with van der Waals surface area (Å²) in [4.78, 5) is 24.6. The van der Waals surface area contributed by atoms with Crippen molar-refractivity contribution in [2.45, 2.75) is 405 Å². The van der Waals surface area contributed by atoms with Crippen molar-refractivity contribution in [3.8, 4) is 0 Å². The quantitative estimate of drug-likeness (QED) is 0.0320. The van der Waals surface area contributed by atoms with Crippen molar-refractivity contribution in [3.05, 3.63) is 60.8 Å². The van der Waals surface area contributed by atoms with Crippen molar-refractivity contribution in [2.24, 2.45) is 0 Å². The molecule has 0 rings (SSSR count). The highest BCUT2D eigenvalue weighted by Crippen LogP contribution is 2.18. The summed E-state index contributed by atoms with van der Waals surface area (Å²) >= 11 is 0. The number of hydrogen-bond acceptors (Lipinski definition) is 5. The molecule has 0 saturated carbocycles. The van der Waals surface area contributed by atoms with Gasteiger partial charge in [0, 0.05) is 12.8 Å². The zero-order valence-corrected chi connectivity index (χ0v) is 55.7. The second kappa shape index (κ2) is 72.0. The van der Waals surface area contributed by atoms with Crippen LogP contribution in [0.3, 0.4) is 0 Å². The Kier molecular flexibility index (Phi) is 69.9. The van der Waals surface area contributed by atoms with Gasteiger partial charge in [-0.2, -0.15) is 0 Å². The Bertz CT molecular complexity index is 1430. The highest BCUT2D eigenvalue weighted by molar-refractivity contribution is 5.76. The third kappa shape index (κ3) is 68.5. The molecule has 0 aromatic rings. The fraction of sp³-hybridized carbons (Fsp3) is 0.844. The minimum Gasteiger partial charge on any atom is -0.466 e. The maximum Gasteiger partial charge on any atom is 0.305 e.